The summed E-state index contributed by atoms with van der Waals surface area (Å²) in [6, 6.07) is 78.8. The maximum atomic E-state index is 6.24. The van der Waals surface area contributed by atoms with Crippen LogP contribution in [0, 0.1) is 0 Å². The number of para-hydroxylation sites is 1. The van der Waals surface area contributed by atoms with Crippen LogP contribution >= 0.6 is 0 Å². The Hall–Kier alpha value is -8.14. The van der Waals surface area contributed by atoms with Crippen molar-refractivity contribution in [3.05, 3.63) is 241 Å². The molecule has 0 radical (unpaired) electrons. The highest BCUT2D eigenvalue weighted by atomic mass is 16.3. The highest BCUT2D eigenvalue weighted by Gasteiger charge is 2.49. The Balaban J connectivity index is 1.06. The van der Waals surface area contributed by atoms with Crippen LogP contribution in [-0.4, -0.2) is 9.97 Å². The Bertz CT molecular complexity index is 3540. The molecular weight excluding hydrogens is 753 g/mol. The van der Waals surface area contributed by atoms with Crippen LogP contribution in [0.25, 0.3) is 100 Å². The van der Waals surface area contributed by atoms with E-state index in [0.717, 1.165) is 55.6 Å². The quantitative estimate of drug-likeness (QED) is 0.178. The Labute approximate surface area is 359 Å². The second-order valence-corrected chi connectivity index (χ2v) is 16.4. The van der Waals surface area contributed by atoms with Gasteiger partial charge in [-0.05, 0) is 103 Å². The van der Waals surface area contributed by atoms with Crippen LogP contribution in [0.1, 0.15) is 22.3 Å². The van der Waals surface area contributed by atoms with Gasteiger partial charge in [-0.15, -0.1) is 0 Å². The lowest BCUT2D eigenvalue weighted by Gasteiger charge is -2.35. The molecule has 9 aromatic carbocycles. The first-order valence-electron chi connectivity index (χ1n) is 21.2. The molecule has 288 valence electrons. The van der Waals surface area contributed by atoms with E-state index in [2.05, 4.69) is 200 Å². The molecular formula is C59H36N2O. The molecule has 2 aliphatic rings. The average molecular weight is 789 g/mol. The van der Waals surface area contributed by atoms with Gasteiger partial charge in [-0.1, -0.05) is 182 Å². The predicted molar refractivity (Wildman–Crippen MR) is 253 cm³/mol. The number of benzene rings is 9. The Morgan fingerprint density at radius 2 is 0.742 bits per heavy atom. The van der Waals surface area contributed by atoms with Gasteiger partial charge in [0, 0.05) is 27.5 Å². The lowest BCUT2D eigenvalue weighted by Crippen LogP contribution is -2.29. The molecule has 0 saturated heterocycles. The summed E-state index contributed by atoms with van der Waals surface area (Å²) in [5.41, 5.74) is 20.8. The molecule has 0 unspecified atom stereocenters. The van der Waals surface area contributed by atoms with Gasteiger partial charge >= 0.3 is 0 Å². The van der Waals surface area contributed by atoms with E-state index in [1.165, 1.54) is 61.2 Å². The van der Waals surface area contributed by atoms with Gasteiger partial charge in [0.1, 0.15) is 11.2 Å². The summed E-state index contributed by atoms with van der Waals surface area (Å²) in [4.78, 5) is 10.7. The summed E-state index contributed by atoms with van der Waals surface area (Å²) in [5, 5.41) is 2.15. The Kier molecular flexibility index (Phi) is 7.52. The summed E-state index contributed by atoms with van der Waals surface area (Å²) >= 11 is 0. The van der Waals surface area contributed by atoms with Crippen LogP contribution in [0.5, 0.6) is 0 Å². The Morgan fingerprint density at radius 3 is 1.42 bits per heavy atom. The summed E-state index contributed by atoms with van der Waals surface area (Å²) in [7, 11) is 0. The molecule has 1 spiro atoms. The van der Waals surface area contributed by atoms with Gasteiger partial charge in [0.25, 0.3) is 0 Å². The number of fused-ring (bicyclic) bond motifs is 15. The van der Waals surface area contributed by atoms with E-state index in [1.807, 2.05) is 18.2 Å². The fourth-order valence-corrected chi connectivity index (χ4v) is 10.4. The summed E-state index contributed by atoms with van der Waals surface area (Å²) < 4.78 is 6.24. The van der Waals surface area contributed by atoms with Crippen molar-refractivity contribution >= 4 is 21.9 Å². The second-order valence-electron chi connectivity index (χ2n) is 16.4. The summed E-state index contributed by atoms with van der Waals surface area (Å²) in [6.07, 6.45) is 0. The highest BCUT2D eigenvalue weighted by molar-refractivity contribution is 6.06. The molecule has 3 heteroatoms. The largest absolute Gasteiger partial charge is 0.456 e. The van der Waals surface area contributed by atoms with Crippen molar-refractivity contribution in [1.29, 1.82) is 0 Å². The van der Waals surface area contributed by atoms with Crippen molar-refractivity contribution in [3.8, 4) is 78.4 Å². The molecule has 11 aromatic rings. The first-order valence-corrected chi connectivity index (χ1v) is 21.2. The molecule has 0 bridgehead atoms. The van der Waals surface area contributed by atoms with Gasteiger partial charge in [0.2, 0.25) is 0 Å². The average Bonchev–Trinajstić information content (AvgIpc) is 3.84. The van der Waals surface area contributed by atoms with Crippen LogP contribution in [0.2, 0.25) is 0 Å². The molecule has 0 fully saturated rings. The normalized spacial score (nSPS) is 13.0. The molecule has 0 aliphatic heterocycles. The number of furan rings is 1. The molecule has 0 atom stereocenters. The minimum atomic E-state index is -0.540. The SMILES string of the molecule is c1ccc(-c2ccc(-c3nc(-c4ccc5c(c4)-c4ccccc4-c4ccccc4C54c5ccccc5-c5ccccc54)cc(-c4ccc5oc6ccccc6c5c4)n3)cc2)cc1. The predicted octanol–water partition coefficient (Wildman–Crippen LogP) is 15.1. The monoisotopic (exact) mass is 788 g/mol. The standard InChI is InChI=1S/C59H36N2O/c1-2-14-37(15-3-1)38-26-28-39(29-27-38)58-60-54(36-55(61-58)41-31-33-57-49(35-41)47-21-9-13-25-56(47)62-57)40-30-32-53-48(34-40)43-17-5-4-16-42(43)44-18-6-10-22-50(44)59(53)51-23-11-7-19-45(51)46-20-8-12-24-52(46)59/h1-36H. The minimum absolute atomic E-state index is 0.540. The van der Waals surface area contributed by atoms with E-state index in [9.17, 15) is 0 Å². The van der Waals surface area contributed by atoms with E-state index in [1.54, 1.807) is 0 Å². The van der Waals surface area contributed by atoms with Gasteiger partial charge in [-0.3, -0.25) is 0 Å². The molecule has 0 saturated carbocycles. The van der Waals surface area contributed by atoms with Gasteiger partial charge in [-0.25, -0.2) is 9.97 Å². The molecule has 2 aliphatic carbocycles. The van der Waals surface area contributed by atoms with Crippen molar-refractivity contribution in [1.82, 2.24) is 9.97 Å². The number of aromatic nitrogens is 2. The van der Waals surface area contributed by atoms with E-state index in [-0.39, 0.29) is 0 Å². The maximum Gasteiger partial charge on any atom is 0.160 e. The van der Waals surface area contributed by atoms with Crippen molar-refractivity contribution < 1.29 is 4.42 Å². The first kappa shape index (κ1) is 34.7. The first-order chi connectivity index (χ1) is 30.7. The zero-order valence-electron chi connectivity index (χ0n) is 33.6. The van der Waals surface area contributed by atoms with Gasteiger partial charge in [0.15, 0.2) is 5.82 Å². The third kappa shape index (κ3) is 5.06. The van der Waals surface area contributed by atoms with Gasteiger partial charge in [-0.2, -0.15) is 0 Å². The lowest BCUT2D eigenvalue weighted by molar-refractivity contribution is 0.669. The lowest BCUT2D eigenvalue weighted by atomic mass is 9.66. The van der Waals surface area contributed by atoms with Crippen LogP contribution < -0.4 is 0 Å². The maximum absolute atomic E-state index is 6.24. The van der Waals surface area contributed by atoms with Crippen LogP contribution in [0.3, 0.4) is 0 Å². The Morgan fingerprint density at radius 1 is 0.290 bits per heavy atom. The molecule has 13 rings (SSSR count). The summed E-state index contributed by atoms with van der Waals surface area (Å²) in [5.74, 6) is 0.673. The molecule has 3 nitrogen and oxygen atoms in total. The number of hydrogen-bond donors (Lipinski definition) is 0. The zero-order chi connectivity index (χ0) is 40.8. The van der Waals surface area contributed by atoms with Gasteiger partial charge < -0.3 is 4.42 Å². The fourth-order valence-electron chi connectivity index (χ4n) is 10.4. The van der Waals surface area contributed by atoms with Crippen molar-refractivity contribution in [3.63, 3.8) is 0 Å². The minimum Gasteiger partial charge on any atom is -0.456 e. The highest BCUT2D eigenvalue weighted by Crippen LogP contribution is 2.61. The fraction of sp³-hybridized carbons (Fsp3) is 0.0169. The van der Waals surface area contributed by atoms with Crippen molar-refractivity contribution in [2.24, 2.45) is 0 Å². The topological polar surface area (TPSA) is 38.9 Å². The molecule has 62 heavy (non-hydrogen) atoms. The van der Waals surface area contributed by atoms with E-state index in [4.69, 9.17) is 14.4 Å². The van der Waals surface area contributed by atoms with Crippen molar-refractivity contribution in [2.75, 3.05) is 0 Å². The van der Waals surface area contributed by atoms with Crippen LogP contribution in [0.15, 0.2) is 223 Å². The molecule has 2 aromatic heterocycles. The van der Waals surface area contributed by atoms with Crippen LogP contribution in [0.4, 0.5) is 0 Å². The smallest absolute Gasteiger partial charge is 0.160 e. The van der Waals surface area contributed by atoms with E-state index in [0.29, 0.717) is 5.82 Å². The summed E-state index contributed by atoms with van der Waals surface area (Å²) in [6.45, 7) is 0. The number of rotatable bonds is 4. The van der Waals surface area contributed by atoms with Gasteiger partial charge in [0.05, 0.1) is 16.8 Å². The molecule has 2 heterocycles. The van der Waals surface area contributed by atoms with Crippen molar-refractivity contribution in [2.45, 2.75) is 5.41 Å². The number of hydrogen-bond acceptors (Lipinski definition) is 3. The van der Waals surface area contributed by atoms with E-state index >= 15 is 0 Å². The molecule has 0 N–H and O–H groups in total. The zero-order valence-corrected chi connectivity index (χ0v) is 33.6. The molecule has 0 amide bonds. The van der Waals surface area contributed by atoms with Crippen LogP contribution in [-0.2, 0) is 5.41 Å². The third-order valence-corrected chi connectivity index (χ3v) is 13.2. The third-order valence-electron chi connectivity index (χ3n) is 13.2. The second kappa shape index (κ2) is 13.4. The van der Waals surface area contributed by atoms with E-state index < -0.39 is 5.41 Å². The number of nitrogens with zero attached hydrogens (tertiary/aromatic N) is 2.